The molecule has 1 aliphatic heterocycles. The van der Waals surface area contributed by atoms with E-state index in [0.29, 0.717) is 24.7 Å². The van der Waals surface area contributed by atoms with E-state index in [-0.39, 0.29) is 0 Å². The maximum Gasteiger partial charge on any atom is 0.111 e. The maximum atomic E-state index is 14.2. The second kappa shape index (κ2) is 9.02. The van der Waals surface area contributed by atoms with Crippen molar-refractivity contribution in [2.75, 3.05) is 18.0 Å². The molecule has 4 rings (SSSR count). The van der Waals surface area contributed by atoms with Crippen LogP contribution in [0.15, 0.2) is 66.3 Å². The minimum absolute atomic E-state index is 0.372. The van der Waals surface area contributed by atoms with E-state index in [2.05, 4.69) is 86.4 Å². The lowest BCUT2D eigenvalue weighted by atomic mass is 9.68. The maximum absolute atomic E-state index is 14.2. The Morgan fingerprint density at radius 2 is 1.77 bits per heavy atom. The number of rotatable bonds is 4. The van der Waals surface area contributed by atoms with Crippen molar-refractivity contribution in [2.24, 2.45) is 5.92 Å². The first-order valence-corrected chi connectivity index (χ1v) is 11.8. The first-order valence-electron chi connectivity index (χ1n) is 11.8. The fourth-order valence-electron chi connectivity index (χ4n) is 5.47. The third-order valence-corrected chi connectivity index (χ3v) is 7.30. The standard InChI is InChI=1S/C29H36FN/c1-5-7-22(6-2)26-15-11-24-20-21(3)8-14-27(24)28(26)23-9-12-25(13-10-23)31-18-16-29(4,30)17-19-31/h5-10,12-14,20,26,28H,11,15-19H2,1-4H3/b7-5-,22-6+. The van der Waals surface area contributed by atoms with E-state index in [0.717, 1.165) is 19.5 Å². The van der Waals surface area contributed by atoms with Crippen LogP contribution in [0.5, 0.6) is 0 Å². The van der Waals surface area contributed by atoms with Crippen molar-refractivity contribution >= 4 is 5.69 Å². The van der Waals surface area contributed by atoms with E-state index >= 15 is 0 Å². The largest absolute Gasteiger partial charge is 0.371 e. The summed E-state index contributed by atoms with van der Waals surface area (Å²) in [5.41, 5.74) is 7.34. The molecule has 1 saturated heterocycles. The molecule has 0 radical (unpaired) electrons. The van der Waals surface area contributed by atoms with Crippen molar-refractivity contribution in [3.05, 3.63) is 88.5 Å². The Bertz CT molecular complexity index is 957. The zero-order valence-corrected chi connectivity index (χ0v) is 19.5. The summed E-state index contributed by atoms with van der Waals surface area (Å²) in [7, 11) is 0. The van der Waals surface area contributed by atoms with Gasteiger partial charge in [-0.05, 0) is 93.7 Å². The summed E-state index contributed by atoms with van der Waals surface area (Å²) in [6.07, 6.45) is 10.3. The van der Waals surface area contributed by atoms with Crippen LogP contribution in [0.1, 0.15) is 68.2 Å². The smallest absolute Gasteiger partial charge is 0.111 e. The Hall–Kier alpha value is -2.35. The van der Waals surface area contributed by atoms with Crippen LogP contribution in [0.2, 0.25) is 0 Å². The molecule has 1 nitrogen and oxygen atoms in total. The van der Waals surface area contributed by atoms with Gasteiger partial charge in [0.2, 0.25) is 0 Å². The van der Waals surface area contributed by atoms with Crippen LogP contribution < -0.4 is 4.90 Å². The average Bonchev–Trinajstić information content (AvgIpc) is 2.77. The van der Waals surface area contributed by atoms with Gasteiger partial charge in [0, 0.05) is 24.7 Å². The summed E-state index contributed by atoms with van der Waals surface area (Å²) in [4.78, 5) is 2.33. The van der Waals surface area contributed by atoms with Crippen molar-refractivity contribution in [3.63, 3.8) is 0 Å². The van der Waals surface area contributed by atoms with Gasteiger partial charge in [-0.2, -0.15) is 0 Å². The molecule has 2 atom stereocenters. The predicted octanol–water partition coefficient (Wildman–Crippen LogP) is 7.54. The number of nitrogens with zero attached hydrogens (tertiary/aromatic N) is 1. The minimum Gasteiger partial charge on any atom is -0.371 e. The number of alkyl halides is 1. The molecule has 0 saturated carbocycles. The highest BCUT2D eigenvalue weighted by atomic mass is 19.1. The second-order valence-electron chi connectivity index (χ2n) is 9.61. The molecule has 0 bridgehead atoms. The van der Waals surface area contributed by atoms with E-state index < -0.39 is 5.67 Å². The van der Waals surface area contributed by atoms with Gasteiger partial charge in [0.05, 0.1) is 0 Å². The van der Waals surface area contributed by atoms with E-state index in [1.165, 1.54) is 39.9 Å². The topological polar surface area (TPSA) is 3.24 Å². The lowest BCUT2D eigenvalue weighted by Gasteiger charge is -2.37. The number of piperidine rings is 1. The number of fused-ring (bicyclic) bond motifs is 1. The fourth-order valence-corrected chi connectivity index (χ4v) is 5.47. The molecule has 0 amide bonds. The number of benzene rings is 2. The van der Waals surface area contributed by atoms with Gasteiger partial charge in [-0.25, -0.2) is 4.39 Å². The van der Waals surface area contributed by atoms with Gasteiger partial charge >= 0.3 is 0 Å². The molecule has 2 heteroatoms. The highest BCUT2D eigenvalue weighted by Gasteiger charge is 2.33. The Morgan fingerprint density at radius 3 is 2.42 bits per heavy atom. The van der Waals surface area contributed by atoms with Crippen molar-refractivity contribution in [3.8, 4) is 0 Å². The van der Waals surface area contributed by atoms with E-state index in [1.807, 2.05) is 0 Å². The van der Waals surface area contributed by atoms with Crippen LogP contribution in [0.25, 0.3) is 0 Å². The van der Waals surface area contributed by atoms with Crippen molar-refractivity contribution in [2.45, 2.75) is 65.0 Å². The van der Waals surface area contributed by atoms with Crippen LogP contribution in [0, 0.1) is 12.8 Å². The SMILES string of the molecule is C/C=C\C(=C/C)C1CCc2cc(C)ccc2C1c1ccc(N2CCC(C)(F)CC2)cc1. The third kappa shape index (κ3) is 4.63. The monoisotopic (exact) mass is 417 g/mol. The van der Waals surface area contributed by atoms with Crippen molar-refractivity contribution in [1.29, 1.82) is 0 Å². The normalized spacial score (nSPS) is 23.8. The van der Waals surface area contributed by atoms with Gasteiger partial charge in [-0.15, -0.1) is 0 Å². The molecule has 2 aliphatic rings. The lowest BCUT2D eigenvalue weighted by molar-refractivity contribution is 0.149. The first kappa shape index (κ1) is 21.9. The molecule has 31 heavy (non-hydrogen) atoms. The van der Waals surface area contributed by atoms with Gasteiger partial charge in [0.1, 0.15) is 5.67 Å². The Morgan fingerprint density at radius 1 is 1.06 bits per heavy atom. The van der Waals surface area contributed by atoms with Gasteiger partial charge in [-0.1, -0.05) is 54.1 Å². The lowest BCUT2D eigenvalue weighted by Crippen LogP contribution is -2.40. The highest BCUT2D eigenvalue weighted by molar-refractivity contribution is 5.52. The Kier molecular flexibility index (Phi) is 6.36. The molecule has 164 valence electrons. The van der Waals surface area contributed by atoms with Gasteiger partial charge in [0.25, 0.3) is 0 Å². The fraction of sp³-hybridized carbons (Fsp3) is 0.448. The van der Waals surface area contributed by atoms with Gasteiger partial charge in [-0.3, -0.25) is 0 Å². The molecule has 1 fully saturated rings. The zero-order valence-electron chi connectivity index (χ0n) is 19.5. The Balaban J connectivity index is 1.67. The number of aryl methyl sites for hydroxylation is 2. The van der Waals surface area contributed by atoms with Crippen LogP contribution in [0.3, 0.4) is 0 Å². The molecular weight excluding hydrogens is 381 g/mol. The molecule has 2 unspecified atom stereocenters. The van der Waals surface area contributed by atoms with Crippen molar-refractivity contribution < 1.29 is 4.39 Å². The van der Waals surface area contributed by atoms with Crippen LogP contribution in [-0.4, -0.2) is 18.8 Å². The molecule has 0 aromatic heterocycles. The minimum atomic E-state index is -1.01. The van der Waals surface area contributed by atoms with Gasteiger partial charge < -0.3 is 4.90 Å². The van der Waals surface area contributed by atoms with Crippen molar-refractivity contribution in [1.82, 2.24) is 0 Å². The van der Waals surface area contributed by atoms with Gasteiger partial charge in [0.15, 0.2) is 0 Å². The molecular formula is C29H36FN. The summed E-state index contributed by atoms with van der Waals surface area (Å²) in [5.74, 6) is 0.862. The quantitative estimate of drug-likeness (QED) is 0.464. The van der Waals surface area contributed by atoms with Crippen LogP contribution in [0.4, 0.5) is 10.1 Å². The Labute approximate surface area is 187 Å². The number of anilines is 1. The number of hydrogen-bond donors (Lipinski definition) is 0. The highest BCUT2D eigenvalue weighted by Crippen LogP contribution is 2.45. The third-order valence-electron chi connectivity index (χ3n) is 7.30. The number of hydrogen-bond acceptors (Lipinski definition) is 1. The predicted molar refractivity (Wildman–Crippen MR) is 131 cm³/mol. The summed E-state index contributed by atoms with van der Waals surface area (Å²) in [6.45, 7) is 9.78. The van der Waals surface area contributed by atoms with Crippen LogP contribution in [-0.2, 0) is 6.42 Å². The molecule has 1 heterocycles. The van der Waals surface area contributed by atoms with Crippen LogP contribution >= 0.6 is 0 Å². The number of allylic oxidation sites excluding steroid dienone is 4. The summed E-state index contributed by atoms with van der Waals surface area (Å²) in [5, 5.41) is 0. The molecule has 0 N–H and O–H groups in total. The molecule has 1 aliphatic carbocycles. The molecule has 0 spiro atoms. The van der Waals surface area contributed by atoms with E-state index in [4.69, 9.17) is 0 Å². The molecule has 2 aromatic rings. The molecule has 2 aromatic carbocycles. The zero-order chi connectivity index (χ0) is 22.0. The van der Waals surface area contributed by atoms with E-state index in [1.54, 1.807) is 6.92 Å². The summed E-state index contributed by atoms with van der Waals surface area (Å²) >= 11 is 0. The summed E-state index contributed by atoms with van der Waals surface area (Å²) < 4.78 is 14.2. The number of halogens is 1. The second-order valence-corrected chi connectivity index (χ2v) is 9.61. The summed E-state index contributed by atoms with van der Waals surface area (Å²) in [6, 6.07) is 16.1. The first-order chi connectivity index (χ1) is 14.9. The van der Waals surface area contributed by atoms with E-state index in [9.17, 15) is 4.39 Å². The average molecular weight is 418 g/mol.